The maximum absolute atomic E-state index is 12.4. The van der Waals surface area contributed by atoms with Gasteiger partial charge >= 0.3 is 11.9 Å². The van der Waals surface area contributed by atoms with Gasteiger partial charge in [-0.1, -0.05) is 32.7 Å². The van der Waals surface area contributed by atoms with E-state index in [0.717, 1.165) is 7.11 Å². The third kappa shape index (κ3) is 8.33. The molecule has 0 aromatic heterocycles. The zero-order valence-electron chi connectivity index (χ0n) is 17.0. The van der Waals surface area contributed by atoms with Gasteiger partial charge in [-0.05, 0) is 24.3 Å². The zero-order valence-corrected chi connectivity index (χ0v) is 17.0. The highest BCUT2D eigenvalue weighted by molar-refractivity contribution is 5.90. The molecule has 0 aliphatic heterocycles. The van der Waals surface area contributed by atoms with Gasteiger partial charge in [0.15, 0.2) is 0 Å². The Bertz CT molecular complexity index is 624. The van der Waals surface area contributed by atoms with Crippen LogP contribution in [0, 0.1) is 11.8 Å². The average Bonchev–Trinajstić information content (AvgIpc) is 2.71. The van der Waals surface area contributed by atoms with E-state index in [4.69, 9.17) is 14.6 Å². The summed E-state index contributed by atoms with van der Waals surface area (Å²) in [5, 5.41) is 38.6. The Hall–Kier alpha value is -2.26. The summed E-state index contributed by atoms with van der Waals surface area (Å²) in [6.07, 6.45) is -2.15. The summed E-state index contributed by atoms with van der Waals surface area (Å²) < 4.78 is 10.1. The first kappa shape index (κ1) is 26.7. The Morgan fingerprint density at radius 3 is 2.10 bits per heavy atom. The Kier molecular flexibility index (Phi) is 12.0. The zero-order chi connectivity index (χ0) is 22.7. The van der Waals surface area contributed by atoms with E-state index in [9.17, 15) is 24.9 Å². The summed E-state index contributed by atoms with van der Waals surface area (Å²) >= 11 is 0. The Labute approximate surface area is 171 Å². The van der Waals surface area contributed by atoms with Gasteiger partial charge in [0.1, 0.15) is 12.2 Å². The highest BCUT2D eigenvalue weighted by Crippen LogP contribution is 2.30. The van der Waals surface area contributed by atoms with Gasteiger partial charge in [0, 0.05) is 5.57 Å². The second-order valence-corrected chi connectivity index (χ2v) is 6.84. The molecule has 0 heterocycles. The molecule has 0 aromatic carbocycles. The first-order valence-corrected chi connectivity index (χ1v) is 9.07. The normalized spacial score (nSPS) is 15.9. The molecule has 5 atom stereocenters. The number of hydrogen-bond acceptors (Lipinski definition) is 8. The van der Waals surface area contributed by atoms with Crippen molar-refractivity contribution >= 4 is 11.9 Å². The number of allylic oxidation sites excluding steroid dienone is 1. The first-order valence-electron chi connectivity index (χ1n) is 9.07. The van der Waals surface area contributed by atoms with Crippen molar-refractivity contribution in [3.63, 3.8) is 0 Å². The maximum Gasteiger partial charge on any atom is 0.336 e. The number of aliphatic hydroxyl groups is 4. The molecule has 29 heavy (non-hydrogen) atoms. The summed E-state index contributed by atoms with van der Waals surface area (Å²) in [5.74, 6) is -3.06. The van der Waals surface area contributed by atoms with E-state index in [1.165, 1.54) is 0 Å². The fourth-order valence-corrected chi connectivity index (χ4v) is 2.65. The minimum atomic E-state index is -1.51. The van der Waals surface area contributed by atoms with Crippen molar-refractivity contribution in [3.05, 3.63) is 49.1 Å². The fourth-order valence-electron chi connectivity index (χ4n) is 2.65. The van der Waals surface area contributed by atoms with Crippen LogP contribution < -0.4 is 0 Å². The molecule has 0 rings (SSSR count). The third-order valence-corrected chi connectivity index (χ3v) is 4.49. The van der Waals surface area contributed by atoms with Gasteiger partial charge in [0.25, 0.3) is 0 Å². The van der Waals surface area contributed by atoms with Crippen molar-refractivity contribution in [1.82, 2.24) is 0 Å². The van der Waals surface area contributed by atoms with Crippen molar-refractivity contribution in [2.24, 2.45) is 11.8 Å². The standard InChI is InChI=1S/C21H32O8/c1-7-12(2)9-18(29-21(27)14(4)17(25)11-23)19(15(5)20(26)28-6)16(24)8-13(3)10-22/h7,12,16-19,22-25H,1,3-5,8-11H2,2,6H3/t12-,16+,17?,18-,19-/m0/s1. The molecule has 0 aliphatic carbocycles. The minimum Gasteiger partial charge on any atom is -0.466 e. The van der Waals surface area contributed by atoms with Crippen molar-refractivity contribution in [3.8, 4) is 0 Å². The summed E-state index contributed by atoms with van der Waals surface area (Å²) in [4.78, 5) is 24.5. The smallest absolute Gasteiger partial charge is 0.336 e. The molecule has 0 fully saturated rings. The fraction of sp³-hybridized carbons (Fsp3) is 0.524. The minimum absolute atomic E-state index is 0.0755. The number of carbonyl (C=O) groups is 2. The largest absolute Gasteiger partial charge is 0.466 e. The van der Waals surface area contributed by atoms with Crippen molar-refractivity contribution < 1.29 is 39.5 Å². The quantitative estimate of drug-likeness (QED) is 0.186. The molecule has 0 aliphatic rings. The topological polar surface area (TPSA) is 134 Å². The van der Waals surface area contributed by atoms with Gasteiger partial charge in [0.2, 0.25) is 0 Å². The van der Waals surface area contributed by atoms with E-state index >= 15 is 0 Å². The van der Waals surface area contributed by atoms with Crippen LogP contribution in [0.2, 0.25) is 0 Å². The van der Waals surface area contributed by atoms with Crippen molar-refractivity contribution in [2.75, 3.05) is 20.3 Å². The Morgan fingerprint density at radius 1 is 1.07 bits per heavy atom. The second-order valence-electron chi connectivity index (χ2n) is 6.84. The van der Waals surface area contributed by atoms with Crippen LogP contribution in [-0.2, 0) is 19.1 Å². The molecule has 1 unspecified atom stereocenters. The number of hydrogen-bond donors (Lipinski definition) is 4. The lowest BCUT2D eigenvalue weighted by Crippen LogP contribution is -2.40. The molecular formula is C21H32O8. The molecule has 4 N–H and O–H groups in total. The first-order chi connectivity index (χ1) is 13.5. The number of rotatable bonds is 14. The van der Waals surface area contributed by atoms with Gasteiger partial charge in [-0.25, -0.2) is 9.59 Å². The monoisotopic (exact) mass is 412 g/mol. The number of carbonyl (C=O) groups excluding carboxylic acids is 2. The van der Waals surface area contributed by atoms with Crippen LogP contribution in [-0.4, -0.2) is 71.0 Å². The molecule has 0 amide bonds. The lowest BCUT2D eigenvalue weighted by atomic mass is 9.82. The van der Waals surface area contributed by atoms with Gasteiger partial charge in [-0.3, -0.25) is 0 Å². The van der Waals surface area contributed by atoms with Crippen LogP contribution in [0.25, 0.3) is 0 Å². The van der Waals surface area contributed by atoms with E-state index in [-0.39, 0.29) is 36.5 Å². The molecule has 0 aromatic rings. The SMILES string of the molecule is C=C[C@H](C)C[C@H](OC(=O)C(=C)C(O)CO)[C@@H](C(=C)C(=O)OC)[C@H](O)CC(=C)CO. The summed E-state index contributed by atoms with van der Waals surface area (Å²) in [6, 6.07) is 0. The van der Waals surface area contributed by atoms with Crippen molar-refractivity contribution in [2.45, 2.75) is 38.1 Å². The Morgan fingerprint density at radius 2 is 1.66 bits per heavy atom. The van der Waals surface area contributed by atoms with E-state index in [0.29, 0.717) is 5.57 Å². The number of esters is 2. The molecule has 0 saturated carbocycles. The molecule has 164 valence electrons. The van der Waals surface area contributed by atoms with Gasteiger partial charge in [-0.2, -0.15) is 0 Å². The number of ether oxygens (including phenoxy) is 2. The van der Waals surface area contributed by atoms with Crippen LogP contribution in [0.5, 0.6) is 0 Å². The van der Waals surface area contributed by atoms with Crippen molar-refractivity contribution in [1.29, 1.82) is 0 Å². The van der Waals surface area contributed by atoms with E-state index in [1.807, 2.05) is 0 Å². The lowest BCUT2D eigenvalue weighted by molar-refractivity contribution is -0.153. The van der Waals surface area contributed by atoms with Crippen LogP contribution in [0.15, 0.2) is 49.1 Å². The molecule has 0 saturated heterocycles. The average molecular weight is 412 g/mol. The molecule has 0 spiro atoms. The lowest BCUT2D eigenvalue weighted by Gasteiger charge is -2.33. The predicted octanol–water partition coefficient (Wildman–Crippen LogP) is 0.665. The summed E-state index contributed by atoms with van der Waals surface area (Å²) in [5.41, 5.74) is -0.198. The number of methoxy groups -OCH3 is 1. The van der Waals surface area contributed by atoms with Crippen LogP contribution in [0.4, 0.5) is 0 Å². The highest BCUT2D eigenvalue weighted by atomic mass is 16.5. The van der Waals surface area contributed by atoms with E-state index in [1.54, 1.807) is 13.0 Å². The highest BCUT2D eigenvalue weighted by Gasteiger charge is 2.38. The third-order valence-electron chi connectivity index (χ3n) is 4.49. The Balaban J connectivity index is 5.97. The number of aliphatic hydroxyl groups excluding tert-OH is 4. The van der Waals surface area contributed by atoms with Crippen LogP contribution >= 0.6 is 0 Å². The van der Waals surface area contributed by atoms with Crippen LogP contribution in [0.3, 0.4) is 0 Å². The molecule has 0 radical (unpaired) electrons. The summed E-state index contributed by atoms with van der Waals surface area (Å²) in [6.45, 7) is 15.1. The molecule has 8 nitrogen and oxygen atoms in total. The second kappa shape index (κ2) is 13.1. The summed E-state index contributed by atoms with van der Waals surface area (Å²) in [7, 11) is 1.15. The maximum atomic E-state index is 12.4. The van der Waals surface area contributed by atoms with Gasteiger partial charge in [0.05, 0.1) is 37.9 Å². The van der Waals surface area contributed by atoms with E-state index < -0.39 is 42.8 Å². The van der Waals surface area contributed by atoms with Gasteiger partial charge < -0.3 is 29.9 Å². The van der Waals surface area contributed by atoms with Crippen LogP contribution in [0.1, 0.15) is 19.8 Å². The van der Waals surface area contributed by atoms with Gasteiger partial charge in [-0.15, -0.1) is 6.58 Å². The van der Waals surface area contributed by atoms with E-state index in [2.05, 4.69) is 26.3 Å². The molecule has 0 bridgehead atoms. The molecular weight excluding hydrogens is 380 g/mol. The predicted molar refractivity (Wildman–Crippen MR) is 108 cm³/mol. The molecule has 8 heteroatoms.